The Hall–Kier alpha value is -0.177. The van der Waals surface area contributed by atoms with Crippen molar-refractivity contribution in [3.63, 3.8) is 0 Å². The van der Waals surface area contributed by atoms with Crippen LogP contribution in [-0.2, 0) is 19.5 Å². The molecule has 0 spiro atoms. The third-order valence-corrected chi connectivity index (χ3v) is 0. The zero-order valence-electron chi connectivity index (χ0n) is 6.13. The summed E-state index contributed by atoms with van der Waals surface area (Å²) in [5.41, 5.74) is 0. The van der Waals surface area contributed by atoms with Gasteiger partial charge in [0.2, 0.25) is 0 Å². The second-order valence-corrected chi connectivity index (χ2v) is 1.10. The maximum atomic E-state index is 7.13. The molecule has 13 heavy (non-hydrogen) atoms. The van der Waals surface area contributed by atoms with Crippen LogP contribution in [0, 0.1) is 0 Å². The molecule has 66 valence electrons. The van der Waals surface area contributed by atoms with Gasteiger partial charge in [-0.3, -0.25) is 0 Å². The van der Waals surface area contributed by atoms with Crippen molar-refractivity contribution in [2.24, 2.45) is 0 Å². The smallest absolute Gasteiger partial charge is 0 e. The van der Waals surface area contributed by atoms with E-state index < -0.39 is 0 Å². The molecule has 4 nitrogen and oxygen atoms in total. The van der Waals surface area contributed by atoms with Crippen molar-refractivity contribution in [1.29, 1.82) is 0 Å². The van der Waals surface area contributed by atoms with Crippen LogP contribution in [0.4, 0.5) is 0 Å². The number of isothiocyanates is 4. The third-order valence-electron chi connectivity index (χ3n) is 0. The molecule has 0 aliphatic rings. The molecule has 0 bridgehead atoms. The van der Waals surface area contributed by atoms with E-state index in [0.717, 1.165) is 0 Å². The Labute approximate surface area is 110 Å². The van der Waals surface area contributed by atoms with E-state index in [1.807, 2.05) is 0 Å². The zero-order valence-corrected chi connectivity index (χ0v) is 12.4. The summed E-state index contributed by atoms with van der Waals surface area (Å²) in [4.78, 5) is 0. The quantitative estimate of drug-likeness (QED) is 0.390. The number of nitrogens with zero attached hydrogens (tertiary/aromatic N) is 4. The van der Waals surface area contributed by atoms with E-state index in [9.17, 15) is 0 Å². The van der Waals surface area contributed by atoms with Crippen molar-refractivity contribution in [3.8, 4) is 0 Å². The van der Waals surface area contributed by atoms with Gasteiger partial charge in [0.1, 0.15) is 0 Å². The normalized spacial score (nSPS) is 2.46. The van der Waals surface area contributed by atoms with E-state index in [-0.39, 0.29) is 19.5 Å². The minimum atomic E-state index is 0. The van der Waals surface area contributed by atoms with Gasteiger partial charge in [-0.15, -0.1) is 0 Å². The van der Waals surface area contributed by atoms with Gasteiger partial charge in [-0.25, -0.2) is 0 Å². The van der Waals surface area contributed by atoms with Crippen molar-refractivity contribution in [1.82, 2.24) is 0 Å². The summed E-state index contributed by atoms with van der Waals surface area (Å²) in [6.07, 6.45) is 0. The molecule has 0 aliphatic carbocycles. The third kappa shape index (κ3) is 36600. The topological polar surface area (TPSA) is 89.2 Å². The monoisotopic (exact) mass is 296 g/mol. The fourth-order valence-electron chi connectivity index (χ4n) is 0. The van der Waals surface area contributed by atoms with E-state index in [4.69, 9.17) is 21.6 Å². The standard InChI is InChI=1S/4CNS.Zn/c4*2-1-3;/q4*-1;. The minimum absolute atomic E-state index is 0. The molecule has 0 rings (SSSR count). The summed E-state index contributed by atoms with van der Waals surface area (Å²) < 4.78 is 0. The van der Waals surface area contributed by atoms with Crippen molar-refractivity contribution < 1.29 is 19.5 Å². The van der Waals surface area contributed by atoms with E-state index in [2.05, 4.69) is 48.9 Å². The molecule has 0 fully saturated rings. The fourth-order valence-corrected chi connectivity index (χ4v) is 0. The first-order valence-electron chi connectivity index (χ1n) is 1.71. The Morgan fingerprint density at radius 2 is 0.538 bits per heavy atom. The fraction of sp³-hybridized carbons (Fsp3) is 0. The van der Waals surface area contributed by atoms with E-state index in [1.165, 1.54) is 20.6 Å². The summed E-state index contributed by atoms with van der Waals surface area (Å²) in [6.45, 7) is 0. The Kier molecular flexibility index (Phi) is 213. The number of rotatable bonds is 0. The summed E-state index contributed by atoms with van der Waals surface area (Å²) in [7, 11) is 0. The predicted octanol–water partition coefficient (Wildman–Crippen LogP) is 2.63. The summed E-state index contributed by atoms with van der Waals surface area (Å²) >= 11 is 14.8. The predicted molar refractivity (Wildman–Crippen MR) is 63.8 cm³/mol. The van der Waals surface area contributed by atoms with Gasteiger partial charge in [0.25, 0.3) is 0 Å². The van der Waals surface area contributed by atoms with Gasteiger partial charge in [-0.05, 0) is 0 Å². The molecule has 0 unspecified atom stereocenters. The van der Waals surface area contributed by atoms with Crippen molar-refractivity contribution in [3.05, 3.63) is 21.6 Å². The molecule has 0 aromatic carbocycles. The summed E-state index contributed by atoms with van der Waals surface area (Å²) in [5, 5.41) is 33.9. The van der Waals surface area contributed by atoms with Crippen LogP contribution in [0.2, 0.25) is 0 Å². The van der Waals surface area contributed by atoms with Gasteiger partial charge in [0.15, 0.2) is 0 Å². The van der Waals surface area contributed by atoms with Gasteiger partial charge in [-0.2, -0.15) is 20.6 Å². The second-order valence-electron chi connectivity index (χ2n) is 0.365. The first-order chi connectivity index (χ1) is 5.66. The Balaban J connectivity index is -0.0000000213. The molecule has 0 saturated carbocycles. The second kappa shape index (κ2) is 94.7. The molecule has 0 aromatic heterocycles. The van der Waals surface area contributed by atoms with Crippen LogP contribution in [0.25, 0.3) is 21.6 Å². The Bertz CT molecular complexity index is 156. The van der Waals surface area contributed by atoms with Crippen LogP contribution in [0.3, 0.4) is 0 Å². The molecule has 9 heteroatoms. The Morgan fingerprint density at radius 1 is 0.538 bits per heavy atom. The van der Waals surface area contributed by atoms with E-state index in [1.54, 1.807) is 0 Å². The average molecular weight is 298 g/mol. The van der Waals surface area contributed by atoms with Crippen LogP contribution in [0.1, 0.15) is 0 Å². The molecular weight excluding hydrogens is 298 g/mol. The molecule has 0 aromatic rings. The maximum Gasteiger partial charge on any atom is 0 e. The Morgan fingerprint density at radius 3 is 0.538 bits per heavy atom. The molecule has 0 radical (unpaired) electrons. The molecule has 0 saturated heterocycles. The summed E-state index contributed by atoms with van der Waals surface area (Å²) in [6, 6.07) is 0. The molecule has 0 heterocycles. The van der Waals surface area contributed by atoms with E-state index in [0.29, 0.717) is 0 Å². The number of hydrogen-bond donors (Lipinski definition) is 0. The van der Waals surface area contributed by atoms with Crippen LogP contribution < -0.4 is 0 Å². The van der Waals surface area contributed by atoms with Crippen molar-refractivity contribution >= 4 is 69.5 Å². The molecule has 0 N–H and O–H groups in total. The van der Waals surface area contributed by atoms with Gasteiger partial charge < -0.3 is 21.6 Å². The SMILES string of the molecule is [N-]=C=S.[N-]=C=S.[N-]=C=S.[N-]=C=S.[Zn]. The average Bonchev–Trinajstić information content (AvgIpc) is 1.92. The number of hydrogen-bond acceptors (Lipinski definition) is 4. The minimum Gasteiger partial charge on any atom is -0.753 e. The van der Waals surface area contributed by atoms with Crippen molar-refractivity contribution in [2.75, 3.05) is 0 Å². The van der Waals surface area contributed by atoms with Gasteiger partial charge in [0.05, 0.1) is 0 Å². The summed E-state index contributed by atoms with van der Waals surface area (Å²) in [5.74, 6) is 0. The maximum absolute atomic E-state index is 7.13. The van der Waals surface area contributed by atoms with Gasteiger partial charge in [-0.1, -0.05) is 48.9 Å². The van der Waals surface area contributed by atoms with Crippen LogP contribution in [0.5, 0.6) is 0 Å². The van der Waals surface area contributed by atoms with Crippen LogP contribution in [0.15, 0.2) is 0 Å². The molecule has 0 amide bonds. The van der Waals surface area contributed by atoms with Gasteiger partial charge in [0, 0.05) is 19.5 Å². The molecule has 0 atom stereocenters. The number of thiocarbonyl (C=S) groups is 4. The zero-order chi connectivity index (χ0) is 10.8. The van der Waals surface area contributed by atoms with Crippen molar-refractivity contribution in [2.45, 2.75) is 0 Å². The van der Waals surface area contributed by atoms with Gasteiger partial charge >= 0.3 is 0 Å². The van der Waals surface area contributed by atoms with Crippen LogP contribution in [-0.4, -0.2) is 20.6 Å². The molecule has 0 aliphatic heterocycles. The van der Waals surface area contributed by atoms with E-state index >= 15 is 0 Å². The van der Waals surface area contributed by atoms with Crippen LogP contribution >= 0.6 is 48.9 Å². The largest absolute Gasteiger partial charge is 0.753 e. The first kappa shape index (κ1) is 29.3. The first-order valence-corrected chi connectivity index (χ1v) is 3.34. The molecular formula is C4N4S4Zn-4.